The minimum absolute atomic E-state index is 0.0354. The molecule has 0 radical (unpaired) electrons. The number of anilines is 1. The van der Waals surface area contributed by atoms with Gasteiger partial charge in [0, 0.05) is 23.4 Å². The van der Waals surface area contributed by atoms with Gasteiger partial charge in [-0.05, 0) is 30.7 Å². The largest absolute Gasteiger partial charge is 0.481 e. The smallest absolute Gasteiger partial charge is 0.319 e. The van der Waals surface area contributed by atoms with Crippen molar-refractivity contribution in [2.24, 2.45) is 0 Å². The molecule has 0 saturated heterocycles. The average Bonchev–Trinajstić information content (AvgIpc) is 2.75. The van der Waals surface area contributed by atoms with Crippen LogP contribution in [0.15, 0.2) is 53.3 Å². The molecule has 1 aliphatic heterocycles. The Hall–Kier alpha value is -3.42. The maximum atomic E-state index is 13.6. The second kappa shape index (κ2) is 7.78. The topological polar surface area (TPSA) is 83.2 Å². The highest BCUT2D eigenvalue weighted by Gasteiger charge is 2.42. The quantitative estimate of drug-likeness (QED) is 0.601. The van der Waals surface area contributed by atoms with Gasteiger partial charge in [0.1, 0.15) is 19.1 Å². The molecule has 1 atom stereocenters. The fourth-order valence-corrected chi connectivity index (χ4v) is 3.76. The molecule has 0 unspecified atom stereocenters. The number of aromatic amines is 1. The summed E-state index contributed by atoms with van der Waals surface area (Å²) in [5.41, 5.74) is 0.733. The standard InChI is InChI=1S/C22H21F2N3O3/c1-13-6-8-16-15(7-9-19(28)25-16)20(13)27-21(29)26-17-10-22(11-23,12-24)30-18-5-3-2-4-14(17)18/h2-9,17H,10-12H2,1H3,(H,25,28)(H2,26,27,29)/t17-/m1/s1. The average molecular weight is 413 g/mol. The van der Waals surface area contributed by atoms with Crippen LogP contribution in [0.25, 0.3) is 10.9 Å². The highest BCUT2D eigenvalue weighted by atomic mass is 19.1. The lowest BCUT2D eigenvalue weighted by Gasteiger charge is -2.39. The number of alkyl halides is 2. The number of ether oxygens (including phenoxy) is 1. The first kappa shape index (κ1) is 19.9. The minimum Gasteiger partial charge on any atom is -0.481 e. The van der Waals surface area contributed by atoms with E-state index >= 15 is 0 Å². The number of pyridine rings is 1. The molecule has 1 aliphatic rings. The molecule has 30 heavy (non-hydrogen) atoms. The first-order chi connectivity index (χ1) is 14.4. The van der Waals surface area contributed by atoms with Crippen molar-refractivity contribution in [2.75, 3.05) is 18.7 Å². The third kappa shape index (κ3) is 3.60. The Balaban J connectivity index is 1.62. The van der Waals surface area contributed by atoms with Gasteiger partial charge in [-0.1, -0.05) is 24.3 Å². The van der Waals surface area contributed by atoms with Crippen molar-refractivity contribution in [1.82, 2.24) is 10.3 Å². The Labute approximate surface area is 171 Å². The van der Waals surface area contributed by atoms with Crippen molar-refractivity contribution >= 4 is 22.6 Å². The van der Waals surface area contributed by atoms with E-state index in [1.807, 2.05) is 6.92 Å². The summed E-state index contributed by atoms with van der Waals surface area (Å²) in [7, 11) is 0. The van der Waals surface area contributed by atoms with E-state index < -0.39 is 31.0 Å². The number of carbonyl (C=O) groups is 1. The monoisotopic (exact) mass is 413 g/mol. The molecule has 0 fully saturated rings. The first-order valence-electron chi connectivity index (χ1n) is 9.55. The van der Waals surface area contributed by atoms with Crippen molar-refractivity contribution in [3.05, 3.63) is 70.0 Å². The second-order valence-electron chi connectivity index (χ2n) is 7.49. The molecular formula is C22H21F2N3O3. The number of fused-ring (bicyclic) bond motifs is 2. The third-order valence-corrected chi connectivity index (χ3v) is 5.34. The molecule has 3 aromatic rings. The molecule has 0 spiro atoms. The molecule has 0 bridgehead atoms. The fraction of sp³-hybridized carbons (Fsp3) is 0.273. The zero-order valence-corrected chi connectivity index (χ0v) is 16.3. The maximum absolute atomic E-state index is 13.6. The Bertz CT molecular complexity index is 1160. The lowest BCUT2D eigenvalue weighted by atomic mass is 9.88. The molecule has 0 aliphatic carbocycles. The molecule has 8 heteroatoms. The van der Waals surface area contributed by atoms with Crippen molar-refractivity contribution in [2.45, 2.75) is 25.0 Å². The van der Waals surface area contributed by atoms with Gasteiger partial charge in [0.2, 0.25) is 5.56 Å². The molecule has 1 aromatic heterocycles. The number of hydrogen-bond donors (Lipinski definition) is 3. The maximum Gasteiger partial charge on any atom is 0.319 e. The molecule has 2 heterocycles. The number of para-hydroxylation sites is 1. The number of amides is 2. The summed E-state index contributed by atoms with van der Waals surface area (Å²) in [6.45, 7) is -0.179. The van der Waals surface area contributed by atoms with Gasteiger partial charge in [-0.2, -0.15) is 0 Å². The number of halogens is 2. The van der Waals surface area contributed by atoms with E-state index in [-0.39, 0.29) is 12.0 Å². The van der Waals surface area contributed by atoms with Gasteiger partial charge in [0.05, 0.1) is 17.2 Å². The Morgan fingerprint density at radius 3 is 2.70 bits per heavy atom. The van der Waals surface area contributed by atoms with Crippen molar-refractivity contribution in [1.29, 1.82) is 0 Å². The van der Waals surface area contributed by atoms with Crippen LogP contribution in [0.3, 0.4) is 0 Å². The number of hydrogen-bond acceptors (Lipinski definition) is 3. The summed E-state index contributed by atoms with van der Waals surface area (Å²) in [6.07, 6.45) is -0.0354. The molecule has 4 rings (SSSR count). The predicted molar refractivity (Wildman–Crippen MR) is 111 cm³/mol. The lowest BCUT2D eigenvalue weighted by molar-refractivity contribution is -0.0105. The van der Waals surface area contributed by atoms with Crippen molar-refractivity contribution in [3.63, 3.8) is 0 Å². The number of carbonyl (C=O) groups excluding carboxylic acids is 1. The van der Waals surface area contributed by atoms with Crippen LogP contribution in [0.5, 0.6) is 5.75 Å². The van der Waals surface area contributed by atoms with Crippen LogP contribution in [0.4, 0.5) is 19.3 Å². The van der Waals surface area contributed by atoms with Gasteiger partial charge in [-0.25, -0.2) is 13.6 Å². The molecule has 3 N–H and O–H groups in total. The predicted octanol–water partition coefficient (Wildman–Crippen LogP) is 4.16. The SMILES string of the molecule is Cc1ccc2[nH]c(=O)ccc2c1NC(=O)N[C@@H]1CC(CF)(CF)Oc2ccccc21. The van der Waals surface area contributed by atoms with Gasteiger partial charge >= 0.3 is 6.03 Å². The zero-order valence-electron chi connectivity index (χ0n) is 16.3. The summed E-state index contributed by atoms with van der Waals surface area (Å²) in [5.74, 6) is 0.350. The summed E-state index contributed by atoms with van der Waals surface area (Å²) in [5, 5.41) is 6.31. The minimum atomic E-state index is -1.62. The number of aryl methyl sites for hydroxylation is 1. The number of rotatable bonds is 4. The van der Waals surface area contributed by atoms with E-state index in [0.29, 0.717) is 27.9 Å². The van der Waals surface area contributed by atoms with Crippen LogP contribution in [-0.4, -0.2) is 30.0 Å². The van der Waals surface area contributed by atoms with E-state index in [0.717, 1.165) is 5.56 Å². The highest BCUT2D eigenvalue weighted by Crippen LogP contribution is 2.40. The summed E-state index contributed by atoms with van der Waals surface area (Å²) in [6, 6.07) is 12.3. The number of nitrogens with one attached hydrogen (secondary N) is 3. The fourth-order valence-electron chi connectivity index (χ4n) is 3.76. The van der Waals surface area contributed by atoms with Gasteiger partial charge in [-0.3, -0.25) is 4.79 Å². The summed E-state index contributed by atoms with van der Waals surface area (Å²) < 4.78 is 32.8. The van der Waals surface area contributed by atoms with Crippen LogP contribution in [-0.2, 0) is 0 Å². The van der Waals surface area contributed by atoms with Gasteiger partial charge < -0.3 is 20.4 Å². The number of benzene rings is 2. The Morgan fingerprint density at radius 2 is 1.93 bits per heavy atom. The normalized spacial score (nSPS) is 17.1. The summed E-state index contributed by atoms with van der Waals surface area (Å²) in [4.78, 5) is 27.1. The number of aromatic nitrogens is 1. The second-order valence-corrected chi connectivity index (χ2v) is 7.49. The van der Waals surface area contributed by atoms with Crippen LogP contribution in [0.1, 0.15) is 23.6 Å². The Kier molecular flexibility index (Phi) is 5.15. The van der Waals surface area contributed by atoms with E-state index in [9.17, 15) is 18.4 Å². The van der Waals surface area contributed by atoms with E-state index in [1.54, 1.807) is 42.5 Å². The van der Waals surface area contributed by atoms with Crippen LogP contribution in [0.2, 0.25) is 0 Å². The molecule has 6 nitrogen and oxygen atoms in total. The summed E-state index contributed by atoms with van der Waals surface area (Å²) >= 11 is 0. The van der Waals surface area contributed by atoms with Crippen molar-refractivity contribution in [3.8, 4) is 5.75 Å². The van der Waals surface area contributed by atoms with E-state index in [4.69, 9.17) is 4.74 Å². The Morgan fingerprint density at radius 1 is 1.17 bits per heavy atom. The van der Waals surface area contributed by atoms with Crippen LogP contribution in [0, 0.1) is 6.92 Å². The van der Waals surface area contributed by atoms with Gasteiger partial charge in [0.25, 0.3) is 0 Å². The number of H-pyrrole nitrogens is 1. The first-order valence-corrected chi connectivity index (χ1v) is 9.55. The zero-order chi connectivity index (χ0) is 21.3. The van der Waals surface area contributed by atoms with Crippen LogP contribution >= 0.6 is 0 Å². The van der Waals surface area contributed by atoms with E-state index in [2.05, 4.69) is 15.6 Å². The lowest BCUT2D eigenvalue weighted by Crippen LogP contribution is -2.49. The van der Waals surface area contributed by atoms with E-state index in [1.165, 1.54) is 6.07 Å². The molecule has 156 valence electrons. The highest BCUT2D eigenvalue weighted by molar-refractivity contribution is 6.01. The van der Waals surface area contributed by atoms with Crippen LogP contribution < -0.4 is 20.9 Å². The van der Waals surface area contributed by atoms with Gasteiger partial charge in [0.15, 0.2) is 5.60 Å². The molecular weight excluding hydrogens is 392 g/mol. The molecule has 2 amide bonds. The third-order valence-electron chi connectivity index (χ3n) is 5.34. The molecule has 0 saturated carbocycles. The molecule has 2 aromatic carbocycles. The van der Waals surface area contributed by atoms with Gasteiger partial charge in [-0.15, -0.1) is 0 Å². The number of urea groups is 1. The van der Waals surface area contributed by atoms with Crippen molar-refractivity contribution < 1.29 is 18.3 Å².